The first-order chi connectivity index (χ1) is 8.28. The molecule has 0 radical (unpaired) electrons. The number of nitrogens with zero attached hydrogens (tertiary/aromatic N) is 2. The highest BCUT2D eigenvalue weighted by atomic mass is 32.2. The lowest BCUT2D eigenvalue weighted by atomic mass is 10.2. The van der Waals surface area contributed by atoms with Crippen molar-refractivity contribution in [1.29, 1.82) is 0 Å². The van der Waals surface area contributed by atoms with Crippen LogP contribution in [0.15, 0.2) is 40.7 Å². The molecule has 0 aliphatic rings. The van der Waals surface area contributed by atoms with E-state index in [1.807, 2.05) is 10.6 Å². The number of thioether (sulfide) groups is 1. The van der Waals surface area contributed by atoms with Gasteiger partial charge in [-0.05, 0) is 24.0 Å². The number of hydrogen-bond acceptors (Lipinski definition) is 4. The summed E-state index contributed by atoms with van der Waals surface area (Å²) in [6, 6.07) is 8.51. The molecule has 17 heavy (non-hydrogen) atoms. The Morgan fingerprint density at radius 1 is 1.29 bits per heavy atom. The first kappa shape index (κ1) is 10.7. The van der Waals surface area contributed by atoms with E-state index in [2.05, 4.69) is 40.9 Å². The maximum absolute atomic E-state index is 5.70. The lowest BCUT2D eigenvalue weighted by Crippen LogP contribution is -1.84. The topological polar surface area (TPSA) is 43.3 Å². The zero-order valence-corrected chi connectivity index (χ0v) is 10.9. The van der Waals surface area contributed by atoms with Gasteiger partial charge in [-0.15, -0.1) is 23.1 Å². The standard InChI is InChI=1S/C12H11N3S2/c1-16-9-4-2-8(3-5-9)10-7-17-12-14-11(13)6-15(10)12/h2-7H,13H2,1H3. The Morgan fingerprint density at radius 2 is 2.06 bits per heavy atom. The van der Waals surface area contributed by atoms with Crippen LogP contribution in [0.3, 0.4) is 0 Å². The molecule has 0 atom stereocenters. The molecule has 3 rings (SSSR count). The molecule has 0 spiro atoms. The maximum Gasteiger partial charge on any atom is 0.196 e. The number of rotatable bonds is 2. The summed E-state index contributed by atoms with van der Waals surface area (Å²) in [5, 5.41) is 2.11. The Kier molecular flexibility index (Phi) is 2.57. The lowest BCUT2D eigenvalue weighted by Gasteiger charge is -2.01. The van der Waals surface area contributed by atoms with Gasteiger partial charge in [-0.1, -0.05) is 12.1 Å². The van der Waals surface area contributed by atoms with Crippen LogP contribution in [0.4, 0.5) is 5.82 Å². The third-order valence-electron chi connectivity index (χ3n) is 2.61. The zero-order chi connectivity index (χ0) is 11.8. The summed E-state index contributed by atoms with van der Waals surface area (Å²) in [5.41, 5.74) is 8.03. The number of fused-ring (bicyclic) bond motifs is 1. The minimum Gasteiger partial charge on any atom is -0.382 e. The van der Waals surface area contributed by atoms with E-state index >= 15 is 0 Å². The van der Waals surface area contributed by atoms with E-state index in [-0.39, 0.29) is 0 Å². The fraction of sp³-hybridized carbons (Fsp3) is 0.0833. The zero-order valence-electron chi connectivity index (χ0n) is 9.25. The molecule has 86 valence electrons. The number of aromatic nitrogens is 2. The van der Waals surface area contributed by atoms with Crippen molar-refractivity contribution in [2.45, 2.75) is 4.90 Å². The number of nitrogens with two attached hydrogens (primary N) is 1. The summed E-state index contributed by atoms with van der Waals surface area (Å²) in [6.45, 7) is 0. The average Bonchev–Trinajstić information content (AvgIpc) is 2.88. The number of hydrogen-bond donors (Lipinski definition) is 1. The highest BCUT2D eigenvalue weighted by molar-refractivity contribution is 7.98. The van der Waals surface area contributed by atoms with Gasteiger partial charge in [0.2, 0.25) is 0 Å². The Hall–Kier alpha value is -1.46. The van der Waals surface area contributed by atoms with E-state index in [4.69, 9.17) is 5.73 Å². The number of thiazole rings is 1. The highest BCUT2D eigenvalue weighted by Gasteiger charge is 2.08. The van der Waals surface area contributed by atoms with Crippen molar-refractivity contribution in [2.75, 3.05) is 12.0 Å². The molecular formula is C12H11N3S2. The third-order valence-corrected chi connectivity index (χ3v) is 4.20. The monoisotopic (exact) mass is 261 g/mol. The summed E-state index contributed by atoms with van der Waals surface area (Å²) in [4.78, 5) is 6.45. The van der Waals surface area contributed by atoms with Crippen LogP contribution in [0, 0.1) is 0 Å². The predicted octanol–water partition coefficient (Wildman–Crippen LogP) is 3.37. The largest absolute Gasteiger partial charge is 0.382 e. The molecule has 2 N–H and O–H groups in total. The van der Waals surface area contributed by atoms with Crippen molar-refractivity contribution < 1.29 is 0 Å². The van der Waals surface area contributed by atoms with Gasteiger partial charge in [0.15, 0.2) is 4.96 Å². The summed E-state index contributed by atoms with van der Waals surface area (Å²) in [5.74, 6) is 0.568. The van der Waals surface area contributed by atoms with Crippen molar-refractivity contribution in [3.05, 3.63) is 35.8 Å². The third kappa shape index (κ3) is 1.81. The van der Waals surface area contributed by atoms with Crippen LogP contribution < -0.4 is 5.73 Å². The Morgan fingerprint density at radius 3 is 2.76 bits per heavy atom. The molecule has 2 heterocycles. The summed E-state index contributed by atoms with van der Waals surface area (Å²) in [6.07, 6.45) is 3.94. The second-order valence-electron chi connectivity index (χ2n) is 3.67. The van der Waals surface area contributed by atoms with Crippen LogP contribution >= 0.6 is 23.1 Å². The molecule has 0 saturated carbocycles. The van der Waals surface area contributed by atoms with Gasteiger partial charge >= 0.3 is 0 Å². The van der Waals surface area contributed by atoms with Crippen LogP contribution in [0.2, 0.25) is 0 Å². The number of benzene rings is 1. The van der Waals surface area contributed by atoms with Crippen molar-refractivity contribution in [3.8, 4) is 11.3 Å². The fourth-order valence-electron chi connectivity index (χ4n) is 1.77. The van der Waals surface area contributed by atoms with Crippen molar-refractivity contribution in [1.82, 2.24) is 9.38 Å². The summed E-state index contributed by atoms with van der Waals surface area (Å²) >= 11 is 3.35. The molecule has 0 unspecified atom stereocenters. The molecule has 0 aliphatic heterocycles. The van der Waals surface area contributed by atoms with Crippen molar-refractivity contribution in [2.24, 2.45) is 0 Å². The normalized spacial score (nSPS) is 11.1. The van der Waals surface area contributed by atoms with E-state index in [1.54, 1.807) is 23.1 Å². The number of anilines is 1. The Bertz CT molecular complexity index is 652. The molecule has 0 bridgehead atoms. The molecule has 1 aromatic carbocycles. The lowest BCUT2D eigenvalue weighted by molar-refractivity contribution is 1.23. The van der Waals surface area contributed by atoms with Gasteiger partial charge in [0.25, 0.3) is 0 Å². The SMILES string of the molecule is CSc1ccc(-c2csc3nc(N)cn23)cc1. The van der Waals surface area contributed by atoms with Crippen LogP contribution in [-0.4, -0.2) is 15.6 Å². The molecule has 3 nitrogen and oxygen atoms in total. The Labute approximate surface area is 107 Å². The van der Waals surface area contributed by atoms with E-state index in [0.717, 1.165) is 10.7 Å². The molecule has 0 amide bonds. The average molecular weight is 261 g/mol. The first-order valence-electron chi connectivity index (χ1n) is 5.14. The molecule has 2 aromatic heterocycles. The second-order valence-corrected chi connectivity index (χ2v) is 5.38. The van der Waals surface area contributed by atoms with Crippen LogP contribution in [-0.2, 0) is 0 Å². The smallest absolute Gasteiger partial charge is 0.196 e. The predicted molar refractivity (Wildman–Crippen MR) is 74.7 cm³/mol. The molecule has 5 heteroatoms. The highest BCUT2D eigenvalue weighted by Crippen LogP contribution is 2.28. The molecule has 0 aliphatic carbocycles. The van der Waals surface area contributed by atoms with Crippen molar-refractivity contribution >= 4 is 33.9 Å². The summed E-state index contributed by atoms with van der Waals surface area (Å²) < 4.78 is 2.04. The first-order valence-corrected chi connectivity index (χ1v) is 7.25. The molecular weight excluding hydrogens is 250 g/mol. The van der Waals surface area contributed by atoms with Gasteiger partial charge in [0.05, 0.1) is 11.9 Å². The van der Waals surface area contributed by atoms with Gasteiger partial charge in [0.1, 0.15) is 5.82 Å². The quantitative estimate of drug-likeness (QED) is 0.719. The van der Waals surface area contributed by atoms with E-state index in [9.17, 15) is 0 Å². The Balaban J connectivity index is 2.12. The fourth-order valence-corrected chi connectivity index (χ4v) is 3.07. The van der Waals surface area contributed by atoms with Crippen LogP contribution in [0.1, 0.15) is 0 Å². The summed E-state index contributed by atoms with van der Waals surface area (Å²) in [7, 11) is 0. The van der Waals surface area contributed by atoms with E-state index in [1.165, 1.54) is 10.5 Å². The van der Waals surface area contributed by atoms with Gasteiger partial charge < -0.3 is 5.73 Å². The van der Waals surface area contributed by atoms with Crippen LogP contribution in [0.5, 0.6) is 0 Å². The molecule has 3 aromatic rings. The molecule has 0 saturated heterocycles. The van der Waals surface area contributed by atoms with E-state index in [0.29, 0.717) is 5.82 Å². The minimum absolute atomic E-state index is 0.568. The van der Waals surface area contributed by atoms with Gasteiger partial charge in [-0.25, -0.2) is 4.98 Å². The van der Waals surface area contributed by atoms with Gasteiger partial charge in [-0.2, -0.15) is 0 Å². The van der Waals surface area contributed by atoms with Crippen LogP contribution in [0.25, 0.3) is 16.2 Å². The van der Waals surface area contributed by atoms with Gasteiger partial charge in [0, 0.05) is 10.3 Å². The van der Waals surface area contributed by atoms with Crippen molar-refractivity contribution in [3.63, 3.8) is 0 Å². The van der Waals surface area contributed by atoms with Gasteiger partial charge in [-0.3, -0.25) is 4.40 Å². The number of nitrogen functional groups attached to an aromatic ring is 1. The molecule has 0 fully saturated rings. The maximum atomic E-state index is 5.70. The second kappa shape index (κ2) is 4.09. The number of imidazole rings is 1. The minimum atomic E-state index is 0.568. The van der Waals surface area contributed by atoms with E-state index < -0.39 is 0 Å².